The second-order valence-electron chi connectivity index (χ2n) is 7.41. The Hall–Kier alpha value is -2.07. The molecule has 2 fully saturated rings. The average Bonchev–Trinajstić information content (AvgIpc) is 3.13. The van der Waals surface area contributed by atoms with Gasteiger partial charge in [0.25, 0.3) is 0 Å². The second kappa shape index (κ2) is 8.12. The summed E-state index contributed by atoms with van der Waals surface area (Å²) < 4.78 is 19.4. The Morgan fingerprint density at radius 2 is 2.21 bits per heavy atom. The van der Waals surface area contributed by atoms with Crippen molar-refractivity contribution in [2.24, 2.45) is 0 Å². The van der Waals surface area contributed by atoms with Gasteiger partial charge >= 0.3 is 0 Å². The van der Waals surface area contributed by atoms with Crippen molar-refractivity contribution in [3.05, 3.63) is 29.6 Å². The highest BCUT2D eigenvalue weighted by molar-refractivity contribution is 5.96. The van der Waals surface area contributed by atoms with E-state index < -0.39 is 6.17 Å². The average molecular weight is 392 g/mol. The van der Waals surface area contributed by atoms with Crippen LogP contribution in [-0.2, 0) is 20.7 Å². The van der Waals surface area contributed by atoms with Crippen molar-refractivity contribution < 1.29 is 23.8 Å². The first-order chi connectivity index (χ1) is 13.5. The van der Waals surface area contributed by atoms with Crippen molar-refractivity contribution in [1.82, 2.24) is 15.5 Å². The maximum absolute atomic E-state index is 13.9. The van der Waals surface area contributed by atoms with Gasteiger partial charge in [-0.05, 0) is 18.6 Å². The monoisotopic (exact) mass is 392 g/mol. The number of nitrogens with zero attached hydrogens (tertiary/aromatic N) is 2. The van der Waals surface area contributed by atoms with Crippen molar-refractivity contribution in [3.63, 3.8) is 0 Å². The Bertz CT molecular complexity index is 761. The highest BCUT2D eigenvalue weighted by Gasteiger charge is 2.35. The first-order valence-corrected chi connectivity index (χ1v) is 9.65. The Kier molecular flexibility index (Phi) is 5.58. The Morgan fingerprint density at radius 3 is 3.04 bits per heavy atom. The number of halogens is 1. The molecule has 2 amide bonds. The molecule has 3 aliphatic heterocycles. The third-order valence-corrected chi connectivity index (χ3v) is 5.57. The minimum Gasteiger partial charge on any atom is -0.394 e. The van der Waals surface area contributed by atoms with Gasteiger partial charge in [-0.3, -0.25) is 19.8 Å². The molecule has 3 N–H and O–H groups in total. The van der Waals surface area contributed by atoms with Gasteiger partial charge in [-0.15, -0.1) is 0 Å². The first-order valence-electron chi connectivity index (χ1n) is 9.65. The molecular weight excluding hydrogens is 367 g/mol. The summed E-state index contributed by atoms with van der Waals surface area (Å²) in [5.74, 6) is -0.567. The van der Waals surface area contributed by atoms with E-state index in [9.17, 15) is 19.1 Å². The molecule has 2 saturated heterocycles. The van der Waals surface area contributed by atoms with Crippen molar-refractivity contribution >= 4 is 17.5 Å². The Balaban J connectivity index is 1.40. The number of aliphatic hydroxyl groups excluding tert-OH is 1. The SMILES string of the molecule is O=C1CC(N2CCOC(CO)C2)NC(CC(=O)N2CCc3c(F)cccc32)N1. The number of ether oxygens (including phenoxy) is 1. The fourth-order valence-corrected chi connectivity index (χ4v) is 4.18. The highest BCUT2D eigenvalue weighted by Crippen LogP contribution is 2.30. The zero-order chi connectivity index (χ0) is 19.7. The molecule has 3 unspecified atom stereocenters. The highest BCUT2D eigenvalue weighted by atomic mass is 19.1. The normalized spacial score (nSPS) is 28.1. The van der Waals surface area contributed by atoms with Crippen LogP contribution in [0.2, 0.25) is 0 Å². The predicted octanol–water partition coefficient (Wildman–Crippen LogP) is -0.440. The molecule has 0 saturated carbocycles. The first kappa shape index (κ1) is 19.3. The van der Waals surface area contributed by atoms with Gasteiger partial charge in [0, 0.05) is 30.9 Å². The number of amides is 2. The van der Waals surface area contributed by atoms with Crippen LogP contribution in [0, 0.1) is 5.82 Å². The summed E-state index contributed by atoms with van der Waals surface area (Å²) >= 11 is 0. The third-order valence-electron chi connectivity index (χ3n) is 5.57. The lowest BCUT2D eigenvalue weighted by molar-refractivity contribution is -0.130. The number of hydrogen-bond acceptors (Lipinski definition) is 6. The van der Waals surface area contributed by atoms with Crippen LogP contribution < -0.4 is 15.5 Å². The topological polar surface area (TPSA) is 94.1 Å². The minimum absolute atomic E-state index is 0.0672. The molecule has 0 spiro atoms. The van der Waals surface area contributed by atoms with Gasteiger partial charge in [-0.1, -0.05) is 6.07 Å². The molecule has 8 nitrogen and oxygen atoms in total. The van der Waals surface area contributed by atoms with E-state index in [4.69, 9.17) is 4.74 Å². The molecule has 152 valence electrons. The van der Waals surface area contributed by atoms with Crippen LogP contribution in [0.5, 0.6) is 0 Å². The molecule has 4 rings (SSSR count). The van der Waals surface area contributed by atoms with Crippen molar-refractivity contribution in [3.8, 4) is 0 Å². The Morgan fingerprint density at radius 1 is 1.36 bits per heavy atom. The maximum atomic E-state index is 13.9. The van der Waals surface area contributed by atoms with Crippen molar-refractivity contribution in [2.45, 2.75) is 37.7 Å². The molecule has 0 aromatic heterocycles. The molecule has 1 aromatic rings. The van der Waals surface area contributed by atoms with Crippen LogP contribution in [-0.4, -0.2) is 73.1 Å². The number of fused-ring (bicyclic) bond motifs is 1. The van der Waals surface area contributed by atoms with E-state index in [0.29, 0.717) is 43.9 Å². The van der Waals surface area contributed by atoms with E-state index in [2.05, 4.69) is 15.5 Å². The van der Waals surface area contributed by atoms with E-state index in [1.165, 1.54) is 6.07 Å². The number of anilines is 1. The summed E-state index contributed by atoms with van der Waals surface area (Å²) in [7, 11) is 0. The summed E-state index contributed by atoms with van der Waals surface area (Å²) in [6.45, 7) is 2.05. The molecule has 0 bridgehead atoms. The standard InChI is InChI=1S/C19H25FN4O4/c20-14-2-1-3-15-13(14)4-5-24(15)19(27)8-16-21-17(9-18(26)22-16)23-6-7-28-12(10-23)11-25/h1-3,12,16-17,21,25H,4-11H2,(H,22,26). The number of carbonyl (C=O) groups excluding carboxylic acids is 2. The maximum Gasteiger partial charge on any atom is 0.230 e. The third kappa shape index (κ3) is 3.88. The van der Waals surface area contributed by atoms with Gasteiger partial charge in [0.1, 0.15) is 5.82 Å². The fraction of sp³-hybridized carbons (Fsp3) is 0.579. The van der Waals surface area contributed by atoms with E-state index in [0.717, 1.165) is 0 Å². The van der Waals surface area contributed by atoms with Crippen molar-refractivity contribution in [1.29, 1.82) is 0 Å². The zero-order valence-corrected chi connectivity index (χ0v) is 15.6. The molecular formula is C19H25FN4O4. The molecule has 0 radical (unpaired) electrons. The number of morpholine rings is 1. The molecule has 3 heterocycles. The Labute approximate surface area is 162 Å². The van der Waals surface area contributed by atoms with Gasteiger partial charge in [0.15, 0.2) is 0 Å². The van der Waals surface area contributed by atoms with Crippen LogP contribution in [0.25, 0.3) is 0 Å². The van der Waals surface area contributed by atoms with Crippen LogP contribution in [0.3, 0.4) is 0 Å². The smallest absolute Gasteiger partial charge is 0.230 e. The summed E-state index contributed by atoms with van der Waals surface area (Å²) in [5, 5.41) is 15.5. The van der Waals surface area contributed by atoms with Crippen molar-refractivity contribution in [2.75, 3.05) is 37.7 Å². The van der Waals surface area contributed by atoms with E-state index in [1.54, 1.807) is 17.0 Å². The zero-order valence-electron chi connectivity index (χ0n) is 15.6. The number of carbonyl (C=O) groups is 2. The molecule has 0 aliphatic carbocycles. The molecule has 1 aromatic carbocycles. The molecule has 3 atom stereocenters. The number of hydrogen-bond donors (Lipinski definition) is 3. The summed E-state index contributed by atoms with van der Waals surface area (Å²) in [6.07, 6.45) is -0.111. The van der Waals surface area contributed by atoms with Gasteiger partial charge in [0.05, 0.1) is 44.5 Å². The summed E-state index contributed by atoms with van der Waals surface area (Å²) in [6, 6.07) is 4.76. The fourth-order valence-electron chi connectivity index (χ4n) is 4.18. The van der Waals surface area contributed by atoms with Crippen LogP contribution in [0.15, 0.2) is 18.2 Å². The number of aliphatic hydroxyl groups is 1. The van der Waals surface area contributed by atoms with Crippen LogP contribution in [0.4, 0.5) is 10.1 Å². The van der Waals surface area contributed by atoms with Gasteiger partial charge in [-0.2, -0.15) is 0 Å². The lowest BCUT2D eigenvalue weighted by atomic mass is 10.1. The largest absolute Gasteiger partial charge is 0.394 e. The molecule has 28 heavy (non-hydrogen) atoms. The van der Waals surface area contributed by atoms with Gasteiger partial charge in [0.2, 0.25) is 11.8 Å². The van der Waals surface area contributed by atoms with Crippen LogP contribution in [0.1, 0.15) is 18.4 Å². The van der Waals surface area contributed by atoms with E-state index in [-0.39, 0.29) is 49.3 Å². The number of benzene rings is 1. The summed E-state index contributed by atoms with van der Waals surface area (Å²) in [5.41, 5.74) is 1.18. The van der Waals surface area contributed by atoms with E-state index in [1.807, 2.05) is 0 Å². The second-order valence-corrected chi connectivity index (χ2v) is 7.41. The lowest BCUT2D eigenvalue weighted by Crippen LogP contribution is -2.64. The lowest BCUT2D eigenvalue weighted by Gasteiger charge is -2.42. The molecule has 9 heteroatoms. The number of nitrogens with one attached hydrogen (secondary N) is 2. The summed E-state index contributed by atoms with van der Waals surface area (Å²) in [4.78, 5) is 28.7. The van der Waals surface area contributed by atoms with Gasteiger partial charge in [-0.25, -0.2) is 4.39 Å². The van der Waals surface area contributed by atoms with Crippen LogP contribution >= 0.6 is 0 Å². The van der Waals surface area contributed by atoms with E-state index >= 15 is 0 Å². The quantitative estimate of drug-likeness (QED) is 0.643. The number of rotatable bonds is 4. The minimum atomic E-state index is -0.494. The predicted molar refractivity (Wildman–Crippen MR) is 98.9 cm³/mol. The molecule has 3 aliphatic rings. The van der Waals surface area contributed by atoms with Gasteiger partial charge < -0.3 is 20.1 Å².